The first-order valence-corrected chi connectivity index (χ1v) is 13.5. The number of nitrogens with one attached hydrogen (secondary N) is 2. The lowest BCUT2D eigenvalue weighted by molar-refractivity contribution is 0.0519. The Hall–Kier alpha value is -5.31. The highest BCUT2D eigenvalue weighted by molar-refractivity contribution is 5.96. The number of H-pyrrole nitrogens is 1. The zero-order valence-corrected chi connectivity index (χ0v) is 23.5. The van der Waals surface area contributed by atoms with Gasteiger partial charge in [0.05, 0.1) is 12.6 Å². The van der Waals surface area contributed by atoms with Crippen LogP contribution in [0.15, 0.2) is 111 Å². The topological polar surface area (TPSA) is 120 Å². The molecule has 6 aromatic rings. The number of carbonyl (C=O) groups excluding carboxylic acids is 1. The van der Waals surface area contributed by atoms with E-state index in [1.807, 2.05) is 93.6 Å². The van der Waals surface area contributed by atoms with Crippen LogP contribution in [0.25, 0.3) is 44.2 Å². The average molecular weight is 566 g/mol. The molecule has 214 valence electrons. The van der Waals surface area contributed by atoms with Crippen molar-refractivity contribution >= 4 is 27.6 Å². The zero-order valence-electron chi connectivity index (χ0n) is 23.5. The zero-order chi connectivity index (χ0) is 29.5. The lowest BCUT2D eigenvalue weighted by atomic mass is 10.0. The average Bonchev–Trinajstić information content (AvgIpc) is 3.63. The summed E-state index contributed by atoms with van der Waals surface area (Å²) in [7, 11) is 0. The Morgan fingerprint density at radius 1 is 0.833 bits per heavy atom. The number of ether oxygens (including phenoxy) is 2. The van der Waals surface area contributed by atoms with E-state index in [0.29, 0.717) is 23.9 Å². The SMILES string of the molecule is CC(C)(C)OC(=O)NCCOc1cc(-c2cccc3ccccc23)on1.O=c1cc(-c2cccc3ccccc23)o[nH]1. The third-order valence-electron chi connectivity index (χ3n) is 6.14. The Morgan fingerprint density at radius 3 is 2.02 bits per heavy atom. The van der Waals surface area contributed by atoms with Gasteiger partial charge in [-0.1, -0.05) is 84.9 Å². The Morgan fingerprint density at radius 2 is 1.43 bits per heavy atom. The Labute approximate surface area is 242 Å². The van der Waals surface area contributed by atoms with Crippen molar-refractivity contribution in [1.29, 1.82) is 0 Å². The van der Waals surface area contributed by atoms with Crippen LogP contribution in [0, 0.1) is 0 Å². The molecule has 9 heteroatoms. The molecular formula is C33H31N3O6. The normalized spacial score (nSPS) is 11.1. The van der Waals surface area contributed by atoms with Gasteiger partial charge in [-0.05, 0) is 47.5 Å². The number of fused-ring (bicyclic) bond motifs is 2. The van der Waals surface area contributed by atoms with E-state index < -0.39 is 11.7 Å². The second-order valence-corrected chi connectivity index (χ2v) is 10.4. The summed E-state index contributed by atoms with van der Waals surface area (Å²) in [5, 5.41) is 13.3. The van der Waals surface area contributed by atoms with Crippen LogP contribution in [0.5, 0.6) is 5.88 Å². The molecule has 0 bridgehead atoms. The van der Waals surface area contributed by atoms with Crippen molar-refractivity contribution in [1.82, 2.24) is 15.6 Å². The number of aromatic amines is 1. The fourth-order valence-corrected chi connectivity index (χ4v) is 4.37. The molecule has 0 fully saturated rings. The fraction of sp³-hybridized carbons (Fsp3) is 0.182. The summed E-state index contributed by atoms with van der Waals surface area (Å²) in [4.78, 5) is 22.6. The van der Waals surface area contributed by atoms with Crippen molar-refractivity contribution in [2.45, 2.75) is 26.4 Å². The second kappa shape index (κ2) is 12.5. The number of rotatable bonds is 6. The van der Waals surface area contributed by atoms with E-state index in [-0.39, 0.29) is 12.2 Å². The monoisotopic (exact) mass is 565 g/mol. The van der Waals surface area contributed by atoms with Gasteiger partial charge in [-0.3, -0.25) is 4.79 Å². The van der Waals surface area contributed by atoms with Gasteiger partial charge in [0, 0.05) is 17.2 Å². The summed E-state index contributed by atoms with van der Waals surface area (Å²) < 4.78 is 21.2. The molecule has 0 saturated carbocycles. The van der Waals surface area contributed by atoms with Crippen molar-refractivity contribution in [2.24, 2.45) is 0 Å². The van der Waals surface area contributed by atoms with Crippen LogP contribution in [-0.2, 0) is 4.74 Å². The van der Waals surface area contributed by atoms with Gasteiger partial charge in [0.15, 0.2) is 11.5 Å². The molecule has 2 aromatic heterocycles. The molecule has 4 aromatic carbocycles. The number of benzene rings is 4. The van der Waals surface area contributed by atoms with Crippen LogP contribution in [0.1, 0.15) is 20.8 Å². The highest BCUT2D eigenvalue weighted by atomic mass is 16.6. The maximum absolute atomic E-state index is 11.6. The molecule has 0 unspecified atom stereocenters. The molecule has 42 heavy (non-hydrogen) atoms. The van der Waals surface area contributed by atoms with E-state index in [0.717, 1.165) is 32.7 Å². The predicted octanol–water partition coefficient (Wildman–Crippen LogP) is 7.19. The number of nitrogens with zero attached hydrogens (tertiary/aromatic N) is 1. The summed E-state index contributed by atoms with van der Waals surface area (Å²) in [5.74, 6) is 1.58. The quantitative estimate of drug-likeness (QED) is 0.205. The predicted molar refractivity (Wildman–Crippen MR) is 161 cm³/mol. The molecule has 1 amide bonds. The van der Waals surface area contributed by atoms with E-state index >= 15 is 0 Å². The molecule has 2 heterocycles. The number of carbonyl (C=O) groups is 1. The minimum atomic E-state index is -0.523. The number of hydrogen-bond donors (Lipinski definition) is 2. The van der Waals surface area contributed by atoms with Crippen LogP contribution in [0.4, 0.5) is 4.79 Å². The van der Waals surface area contributed by atoms with Crippen molar-refractivity contribution in [3.05, 3.63) is 107 Å². The van der Waals surface area contributed by atoms with Gasteiger partial charge >= 0.3 is 6.09 Å². The molecule has 2 N–H and O–H groups in total. The van der Waals surface area contributed by atoms with Gasteiger partial charge in [0.25, 0.3) is 11.4 Å². The lowest BCUT2D eigenvalue weighted by Gasteiger charge is -2.19. The van der Waals surface area contributed by atoms with Crippen molar-refractivity contribution in [3.8, 4) is 28.5 Å². The number of amides is 1. The van der Waals surface area contributed by atoms with E-state index in [1.165, 1.54) is 6.07 Å². The first-order chi connectivity index (χ1) is 20.3. The summed E-state index contributed by atoms with van der Waals surface area (Å²) in [6.07, 6.45) is -0.474. The van der Waals surface area contributed by atoms with Gasteiger partial charge in [-0.25, -0.2) is 4.79 Å². The first kappa shape index (κ1) is 28.2. The van der Waals surface area contributed by atoms with E-state index in [1.54, 1.807) is 6.07 Å². The summed E-state index contributed by atoms with van der Waals surface area (Å²) in [6.45, 7) is 6.01. The van der Waals surface area contributed by atoms with E-state index in [2.05, 4.69) is 27.8 Å². The molecule has 0 aliphatic heterocycles. The maximum Gasteiger partial charge on any atom is 0.407 e. The molecule has 6 rings (SSSR count). The van der Waals surface area contributed by atoms with E-state index in [9.17, 15) is 9.59 Å². The number of hydrogen-bond acceptors (Lipinski definition) is 7. The minimum Gasteiger partial charge on any atom is -0.474 e. The van der Waals surface area contributed by atoms with Crippen LogP contribution < -0.4 is 15.6 Å². The van der Waals surface area contributed by atoms with Crippen LogP contribution in [-0.4, -0.2) is 35.2 Å². The van der Waals surface area contributed by atoms with E-state index in [4.69, 9.17) is 18.5 Å². The number of aromatic nitrogens is 2. The molecule has 9 nitrogen and oxygen atoms in total. The van der Waals surface area contributed by atoms with Gasteiger partial charge in [-0.15, -0.1) is 0 Å². The standard InChI is InChI=1S/C20H22N2O4.C13H9NO2/c1-20(2,3)25-19(23)21-11-12-24-18-13-17(26-22-18)16-10-6-8-14-7-4-5-9-15(14)16;15-13-8-12(16-14-13)11-7-3-5-9-4-1-2-6-10(9)11/h4-10,13H,11-12H2,1-3H3,(H,21,23);1-8H,(H,14,15). The maximum atomic E-state index is 11.6. The fourth-order valence-electron chi connectivity index (χ4n) is 4.37. The summed E-state index contributed by atoms with van der Waals surface area (Å²) in [6, 6.07) is 31.2. The number of alkyl carbamates (subject to hydrolysis) is 1. The Bertz CT molecular complexity index is 1850. The van der Waals surface area contributed by atoms with Gasteiger partial charge in [0.2, 0.25) is 0 Å². The van der Waals surface area contributed by atoms with Crippen molar-refractivity contribution in [2.75, 3.05) is 13.2 Å². The van der Waals surface area contributed by atoms with Gasteiger partial charge in [-0.2, -0.15) is 5.16 Å². The molecule has 0 spiro atoms. The van der Waals surface area contributed by atoms with Gasteiger partial charge < -0.3 is 23.8 Å². The molecular weight excluding hydrogens is 534 g/mol. The van der Waals surface area contributed by atoms with Crippen LogP contribution >= 0.6 is 0 Å². The smallest absolute Gasteiger partial charge is 0.407 e. The first-order valence-electron chi connectivity index (χ1n) is 13.5. The van der Waals surface area contributed by atoms with Crippen molar-refractivity contribution < 1.29 is 23.3 Å². The Kier molecular flexibility index (Phi) is 8.38. The molecule has 0 saturated heterocycles. The molecule has 0 aliphatic carbocycles. The second-order valence-electron chi connectivity index (χ2n) is 10.4. The highest BCUT2D eigenvalue weighted by Gasteiger charge is 2.16. The summed E-state index contributed by atoms with van der Waals surface area (Å²) >= 11 is 0. The van der Waals surface area contributed by atoms with Crippen LogP contribution in [0.2, 0.25) is 0 Å². The third kappa shape index (κ3) is 7.06. The summed E-state index contributed by atoms with van der Waals surface area (Å²) in [5.41, 5.74) is 1.14. The molecule has 0 aliphatic rings. The van der Waals surface area contributed by atoms with Crippen LogP contribution in [0.3, 0.4) is 0 Å². The highest BCUT2D eigenvalue weighted by Crippen LogP contribution is 2.30. The van der Waals surface area contributed by atoms with Crippen molar-refractivity contribution in [3.63, 3.8) is 0 Å². The lowest BCUT2D eigenvalue weighted by Crippen LogP contribution is -2.34. The van der Waals surface area contributed by atoms with Gasteiger partial charge in [0.1, 0.15) is 12.2 Å². The largest absolute Gasteiger partial charge is 0.474 e. The molecule has 0 atom stereocenters. The Balaban J connectivity index is 0.000000187. The molecule has 0 radical (unpaired) electrons. The third-order valence-corrected chi connectivity index (χ3v) is 6.14. The minimum absolute atomic E-state index is 0.220.